The van der Waals surface area contributed by atoms with Crippen molar-refractivity contribution in [1.29, 1.82) is 0 Å². The van der Waals surface area contributed by atoms with E-state index in [-0.39, 0.29) is 40.7 Å². The Bertz CT molecular complexity index is 1180. The Balaban J connectivity index is 1.83. The lowest BCUT2D eigenvalue weighted by atomic mass is 9.93. The maximum atomic E-state index is 13.6. The van der Waals surface area contributed by atoms with Gasteiger partial charge in [0.1, 0.15) is 5.76 Å². The molecular formula is C23H22F7N3O3. The van der Waals surface area contributed by atoms with Gasteiger partial charge >= 0.3 is 23.9 Å². The first-order chi connectivity index (χ1) is 16.6. The zero-order chi connectivity index (χ0) is 27.1. The van der Waals surface area contributed by atoms with Gasteiger partial charge < -0.3 is 9.73 Å². The second kappa shape index (κ2) is 9.58. The summed E-state index contributed by atoms with van der Waals surface area (Å²) in [7, 11) is 0. The summed E-state index contributed by atoms with van der Waals surface area (Å²) >= 11 is 0. The SMILES string of the molecule is Cc1c(C(=O)Nc2ccc(C(C)C)cc2)oc2c1/C(=N/NC(=O)C(F)(F)C(F)(F)C(F)(F)F)CCC2. The molecule has 0 unspecified atom stereocenters. The standard InChI is InChI=1S/C23H22F7N3O3/c1-11(2)13-7-9-14(10-8-13)31-19(34)18-12(3)17-15(5-4-6-16(17)36-18)32-33-20(35)21(24,25)22(26,27)23(28,29)30/h7-11H,4-6H2,1-3H3,(H,31,34)(H,33,35)/b32-15+. The summed E-state index contributed by atoms with van der Waals surface area (Å²) in [5, 5.41) is 6.03. The molecular weight excluding hydrogens is 499 g/mol. The number of rotatable bonds is 6. The van der Waals surface area contributed by atoms with Crippen LogP contribution >= 0.6 is 0 Å². The summed E-state index contributed by atoms with van der Waals surface area (Å²) in [6, 6.07) is 7.08. The van der Waals surface area contributed by atoms with Crippen LogP contribution in [0.15, 0.2) is 33.8 Å². The quantitative estimate of drug-likeness (QED) is 0.364. The monoisotopic (exact) mass is 521 g/mol. The summed E-state index contributed by atoms with van der Waals surface area (Å²) in [4.78, 5) is 24.3. The highest BCUT2D eigenvalue weighted by atomic mass is 19.4. The van der Waals surface area contributed by atoms with E-state index in [9.17, 15) is 40.3 Å². The number of hydrogen-bond acceptors (Lipinski definition) is 4. The maximum Gasteiger partial charge on any atom is 0.460 e. The molecule has 2 amide bonds. The fourth-order valence-corrected chi connectivity index (χ4v) is 3.64. The molecule has 1 aliphatic rings. The van der Waals surface area contributed by atoms with E-state index in [0.717, 1.165) is 11.0 Å². The molecule has 13 heteroatoms. The van der Waals surface area contributed by atoms with E-state index in [1.54, 1.807) is 12.1 Å². The van der Waals surface area contributed by atoms with Crippen LogP contribution in [0.3, 0.4) is 0 Å². The van der Waals surface area contributed by atoms with Crippen LogP contribution in [0.4, 0.5) is 36.4 Å². The number of nitrogens with zero attached hydrogens (tertiary/aromatic N) is 1. The highest BCUT2D eigenvalue weighted by Crippen LogP contribution is 2.46. The number of halogens is 7. The number of amides is 2. The molecule has 0 saturated heterocycles. The lowest BCUT2D eigenvalue weighted by Crippen LogP contribution is -2.58. The summed E-state index contributed by atoms with van der Waals surface area (Å²) < 4.78 is 96.0. The molecule has 1 aromatic heterocycles. The number of anilines is 1. The van der Waals surface area contributed by atoms with Crippen molar-refractivity contribution in [3.05, 3.63) is 52.5 Å². The Hall–Kier alpha value is -3.38. The van der Waals surface area contributed by atoms with Crippen molar-refractivity contribution < 1.29 is 44.7 Å². The normalized spacial score (nSPS) is 15.7. The molecule has 0 spiro atoms. The highest BCUT2D eigenvalue weighted by Gasteiger charge is 2.76. The predicted molar refractivity (Wildman–Crippen MR) is 115 cm³/mol. The van der Waals surface area contributed by atoms with E-state index >= 15 is 0 Å². The van der Waals surface area contributed by atoms with Crippen LogP contribution in [0, 0.1) is 6.92 Å². The van der Waals surface area contributed by atoms with Gasteiger partial charge in [0.15, 0.2) is 5.76 Å². The van der Waals surface area contributed by atoms with E-state index in [1.165, 1.54) is 6.92 Å². The minimum absolute atomic E-state index is 0.0621. The van der Waals surface area contributed by atoms with Crippen molar-refractivity contribution in [1.82, 2.24) is 5.43 Å². The summed E-state index contributed by atoms with van der Waals surface area (Å²) in [5.74, 6) is -15.9. The fourth-order valence-electron chi connectivity index (χ4n) is 3.64. The molecule has 1 heterocycles. The van der Waals surface area contributed by atoms with Crippen LogP contribution in [0.1, 0.15) is 65.6 Å². The van der Waals surface area contributed by atoms with Gasteiger partial charge in [-0.25, -0.2) is 5.43 Å². The van der Waals surface area contributed by atoms with Gasteiger partial charge in [0.2, 0.25) is 0 Å². The molecule has 196 valence electrons. The van der Waals surface area contributed by atoms with Crippen molar-refractivity contribution >= 4 is 23.2 Å². The largest absolute Gasteiger partial charge is 0.460 e. The van der Waals surface area contributed by atoms with E-state index in [2.05, 4.69) is 10.4 Å². The first kappa shape index (κ1) is 27.2. The van der Waals surface area contributed by atoms with Crippen molar-refractivity contribution in [2.45, 2.75) is 64.0 Å². The minimum atomic E-state index is -6.66. The van der Waals surface area contributed by atoms with Crippen LogP contribution in [0.25, 0.3) is 0 Å². The van der Waals surface area contributed by atoms with Gasteiger partial charge in [0.25, 0.3) is 5.91 Å². The van der Waals surface area contributed by atoms with Gasteiger partial charge in [-0.1, -0.05) is 26.0 Å². The third-order valence-corrected chi connectivity index (χ3v) is 5.70. The molecule has 2 aromatic rings. The molecule has 0 fully saturated rings. The van der Waals surface area contributed by atoms with E-state index < -0.39 is 29.8 Å². The summed E-state index contributed by atoms with van der Waals surface area (Å²) in [5.41, 5.74) is 2.97. The number of aryl methyl sites for hydroxylation is 1. The van der Waals surface area contributed by atoms with Crippen molar-refractivity contribution in [3.63, 3.8) is 0 Å². The number of hydrogen-bond donors (Lipinski definition) is 2. The molecule has 0 saturated carbocycles. The van der Waals surface area contributed by atoms with Gasteiger partial charge in [-0.05, 0) is 43.4 Å². The Kier molecular flexibility index (Phi) is 7.24. The fraction of sp³-hybridized carbons (Fsp3) is 0.435. The third kappa shape index (κ3) is 4.96. The third-order valence-electron chi connectivity index (χ3n) is 5.70. The van der Waals surface area contributed by atoms with Gasteiger partial charge in [0, 0.05) is 23.2 Å². The minimum Gasteiger partial charge on any atom is -0.455 e. The number of alkyl halides is 7. The molecule has 1 aliphatic carbocycles. The smallest absolute Gasteiger partial charge is 0.455 e. The molecule has 36 heavy (non-hydrogen) atoms. The van der Waals surface area contributed by atoms with E-state index in [1.807, 2.05) is 26.0 Å². The Morgan fingerprint density at radius 1 is 1.00 bits per heavy atom. The van der Waals surface area contributed by atoms with Gasteiger partial charge in [-0.2, -0.15) is 35.8 Å². The zero-order valence-corrected chi connectivity index (χ0v) is 19.3. The molecule has 2 N–H and O–H groups in total. The zero-order valence-electron chi connectivity index (χ0n) is 19.3. The molecule has 0 radical (unpaired) electrons. The van der Waals surface area contributed by atoms with Crippen molar-refractivity contribution in [3.8, 4) is 0 Å². The Labute approximate surface area is 200 Å². The lowest BCUT2D eigenvalue weighted by molar-refractivity contribution is -0.344. The topological polar surface area (TPSA) is 83.7 Å². The second-order valence-electron chi connectivity index (χ2n) is 8.58. The van der Waals surface area contributed by atoms with Gasteiger partial charge in [0.05, 0.1) is 5.71 Å². The number of furan rings is 1. The van der Waals surface area contributed by atoms with Crippen molar-refractivity contribution in [2.75, 3.05) is 5.32 Å². The molecule has 1 aromatic carbocycles. The number of fused-ring (bicyclic) bond motifs is 1. The highest BCUT2D eigenvalue weighted by molar-refractivity contribution is 6.09. The Morgan fingerprint density at radius 2 is 1.61 bits per heavy atom. The van der Waals surface area contributed by atoms with Gasteiger partial charge in [-0.15, -0.1) is 0 Å². The molecule has 3 rings (SSSR count). The van der Waals surface area contributed by atoms with Crippen LogP contribution in [-0.4, -0.2) is 35.5 Å². The van der Waals surface area contributed by atoms with Crippen LogP contribution in [0.2, 0.25) is 0 Å². The summed E-state index contributed by atoms with van der Waals surface area (Å²) in [6.45, 7) is 5.48. The number of hydrazone groups is 1. The second-order valence-corrected chi connectivity index (χ2v) is 8.58. The molecule has 0 aliphatic heterocycles. The van der Waals surface area contributed by atoms with Crippen LogP contribution in [-0.2, 0) is 11.2 Å². The first-order valence-corrected chi connectivity index (χ1v) is 10.8. The van der Waals surface area contributed by atoms with Crippen molar-refractivity contribution in [2.24, 2.45) is 5.10 Å². The average molecular weight is 521 g/mol. The number of nitrogens with one attached hydrogen (secondary N) is 2. The first-order valence-electron chi connectivity index (χ1n) is 10.8. The number of carbonyl (C=O) groups is 2. The molecule has 6 nitrogen and oxygen atoms in total. The van der Waals surface area contributed by atoms with E-state index in [4.69, 9.17) is 4.42 Å². The lowest BCUT2D eigenvalue weighted by Gasteiger charge is -2.26. The number of benzene rings is 1. The van der Waals surface area contributed by atoms with Crippen LogP contribution < -0.4 is 10.7 Å². The maximum absolute atomic E-state index is 13.6. The van der Waals surface area contributed by atoms with Crippen LogP contribution in [0.5, 0.6) is 0 Å². The predicted octanol–water partition coefficient (Wildman–Crippen LogP) is 5.95. The van der Waals surface area contributed by atoms with E-state index in [0.29, 0.717) is 18.5 Å². The molecule has 0 atom stereocenters. The number of carbonyl (C=O) groups excluding carboxylic acids is 2. The Morgan fingerprint density at radius 3 is 2.17 bits per heavy atom. The molecule has 0 bridgehead atoms. The average Bonchev–Trinajstić information content (AvgIpc) is 3.14. The van der Waals surface area contributed by atoms with Gasteiger partial charge in [-0.3, -0.25) is 9.59 Å². The summed E-state index contributed by atoms with van der Waals surface area (Å²) in [6.07, 6.45) is -5.94.